The van der Waals surface area contributed by atoms with E-state index in [1.54, 1.807) is 37.0 Å². The largest absolute Gasteiger partial charge is 0.497 e. The number of carbonyl (C=O) groups excluding carboxylic acids is 1. The molecular formula is C14H18N4O2. The van der Waals surface area contributed by atoms with Gasteiger partial charge in [-0.25, -0.2) is 9.67 Å². The standard InChI is InChI=1S/C14H18N4O2/c1-11(18-10-15-9-16-18)14(19)17(2)8-12-5-4-6-13(7-12)20-3/h4-7,9-11H,8H2,1-3H3/t11-/m0/s1. The third kappa shape index (κ3) is 3.14. The van der Waals surface area contributed by atoms with E-state index in [4.69, 9.17) is 4.74 Å². The number of ether oxygens (including phenoxy) is 1. The van der Waals surface area contributed by atoms with Gasteiger partial charge in [0.2, 0.25) is 5.91 Å². The van der Waals surface area contributed by atoms with Crippen molar-refractivity contribution < 1.29 is 9.53 Å². The lowest BCUT2D eigenvalue weighted by atomic mass is 10.2. The molecule has 1 amide bonds. The second-order valence-corrected chi connectivity index (χ2v) is 4.60. The fraction of sp³-hybridized carbons (Fsp3) is 0.357. The fourth-order valence-corrected chi connectivity index (χ4v) is 1.97. The number of likely N-dealkylation sites (N-methyl/N-ethyl adjacent to an activating group) is 1. The van der Waals surface area contributed by atoms with E-state index in [0.717, 1.165) is 11.3 Å². The summed E-state index contributed by atoms with van der Waals surface area (Å²) in [4.78, 5) is 17.8. The Morgan fingerprint density at radius 3 is 2.95 bits per heavy atom. The number of rotatable bonds is 5. The van der Waals surface area contributed by atoms with E-state index >= 15 is 0 Å². The Kier molecular flexibility index (Phi) is 4.34. The van der Waals surface area contributed by atoms with Crippen LogP contribution < -0.4 is 4.74 Å². The maximum absolute atomic E-state index is 12.3. The van der Waals surface area contributed by atoms with Crippen LogP contribution in [0.5, 0.6) is 5.75 Å². The van der Waals surface area contributed by atoms with Crippen molar-refractivity contribution in [3.05, 3.63) is 42.5 Å². The highest BCUT2D eigenvalue weighted by molar-refractivity contribution is 5.79. The second-order valence-electron chi connectivity index (χ2n) is 4.60. The van der Waals surface area contributed by atoms with Crippen LogP contribution in [-0.2, 0) is 11.3 Å². The third-order valence-electron chi connectivity index (χ3n) is 3.12. The third-order valence-corrected chi connectivity index (χ3v) is 3.12. The van der Waals surface area contributed by atoms with Gasteiger partial charge in [-0.2, -0.15) is 5.10 Å². The normalized spacial score (nSPS) is 11.9. The van der Waals surface area contributed by atoms with Crippen molar-refractivity contribution in [2.75, 3.05) is 14.2 Å². The van der Waals surface area contributed by atoms with Crippen LogP contribution in [0.3, 0.4) is 0 Å². The van der Waals surface area contributed by atoms with Crippen molar-refractivity contribution in [2.45, 2.75) is 19.5 Å². The Bertz CT molecular complexity index is 568. The lowest BCUT2D eigenvalue weighted by Gasteiger charge is -2.21. The minimum atomic E-state index is -0.367. The van der Waals surface area contributed by atoms with Crippen LogP contribution in [0.4, 0.5) is 0 Å². The summed E-state index contributed by atoms with van der Waals surface area (Å²) in [6.45, 7) is 2.33. The lowest BCUT2D eigenvalue weighted by Crippen LogP contribution is -2.33. The van der Waals surface area contributed by atoms with Gasteiger partial charge in [0.05, 0.1) is 7.11 Å². The highest BCUT2D eigenvalue weighted by atomic mass is 16.5. The molecule has 0 radical (unpaired) electrons. The summed E-state index contributed by atoms with van der Waals surface area (Å²) in [5, 5.41) is 3.99. The quantitative estimate of drug-likeness (QED) is 0.829. The maximum Gasteiger partial charge on any atom is 0.247 e. The SMILES string of the molecule is COc1cccc(CN(C)C(=O)[C@H](C)n2cncn2)c1. The summed E-state index contributed by atoms with van der Waals surface area (Å²) in [6, 6.07) is 7.31. The average Bonchev–Trinajstić information content (AvgIpc) is 3.00. The predicted octanol–water partition coefficient (Wildman–Crippen LogP) is 1.51. The summed E-state index contributed by atoms with van der Waals surface area (Å²) in [5.74, 6) is 0.769. The van der Waals surface area contributed by atoms with Crippen molar-refractivity contribution in [1.82, 2.24) is 19.7 Å². The molecule has 6 heteroatoms. The molecule has 0 unspecified atom stereocenters. The number of hydrogen-bond donors (Lipinski definition) is 0. The molecule has 1 heterocycles. The zero-order valence-electron chi connectivity index (χ0n) is 11.9. The minimum Gasteiger partial charge on any atom is -0.497 e. The molecule has 106 valence electrons. The number of carbonyl (C=O) groups is 1. The zero-order valence-corrected chi connectivity index (χ0v) is 11.9. The molecule has 0 saturated heterocycles. The molecule has 20 heavy (non-hydrogen) atoms. The first-order valence-electron chi connectivity index (χ1n) is 6.34. The van der Waals surface area contributed by atoms with Crippen molar-refractivity contribution in [3.8, 4) is 5.75 Å². The summed E-state index contributed by atoms with van der Waals surface area (Å²) in [5.41, 5.74) is 1.02. The van der Waals surface area contributed by atoms with E-state index in [2.05, 4.69) is 10.1 Å². The summed E-state index contributed by atoms with van der Waals surface area (Å²) in [6.07, 6.45) is 2.97. The maximum atomic E-state index is 12.3. The van der Waals surface area contributed by atoms with Gasteiger partial charge in [-0.15, -0.1) is 0 Å². The first kappa shape index (κ1) is 14.0. The Balaban J connectivity index is 2.03. The fourth-order valence-electron chi connectivity index (χ4n) is 1.97. The number of amides is 1. The van der Waals surface area contributed by atoms with E-state index < -0.39 is 0 Å². The van der Waals surface area contributed by atoms with Crippen LogP contribution in [0.15, 0.2) is 36.9 Å². The second kappa shape index (κ2) is 6.18. The molecule has 0 bridgehead atoms. The molecule has 0 spiro atoms. The topological polar surface area (TPSA) is 60.2 Å². The van der Waals surface area contributed by atoms with Gasteiger partial charge in [-0.05, 0) is 24.6 Å². The zero-order chi connectivity index (χ0) is 14.5. The summed E-state index contributed by atoms with van der Waals surface area (Å²) < 4.78 is 6.72. The monoisotopic (exact) mass is 274 g/mol. The molecule has 0 aliphatic heterocycles. The van der Waals surface area contributed by atoms with E-state index in [0.29, 0.717) is 6.54 Å². The smallest absolute Gasteiger partial charge is 0.247 e. The lowest BCUT2D eigenvalue weighted by molar-refractivity contribution is -0.133. The van der Waals surface area contributed by atoms with Crippen molar-refractivity contribution in [2.24, 2.45) is 0 Å². The van der Waals surface area contributed by atoms with E-state index in [1.165, 1.54) is 6.33 Å². The highest BCUT2D eigenvalue weighted by Crippen LogP contribution is 2.15. The van der Waals surface area contributed by atoms with E-state index in [-0.39, 0.29) is 11.9 Å². The number of nitrogens with zero attached hydrogens (tertiary/aromatic N) is 4. The van der Waals surface area contributed by atoms with E-state index in [1.807, 2.05) is 24.3 Å². The Labute approximate surface area is 118 Å². The molecule has 1 atom stereocenters. The van der Waals surface area contributed by atoms with Gasteiger partial charge in [0.25, 0.3) is 0 Å². The van der Waals surface area contributed by atoms with Crippen LogP contribution in [0.2, 0.25) is 0 Å². The molecule has 2 rings (SSSR count). The Morgan fingerprint density at radius 2 is 2.30 bits per heavy atom. The van der Waals surface area contributed by atoms with Crippen molar-refractivity contribution in [3.63, 3.8) is 0 Å². The number of aromatic nitrogens is 3. The van der Waals surface area contributed by atoms with Crippen molar-refractivity contribution >= 4 is 5.91 Å². The van der Waals surface area contributed by atoms with Gasteiger partial charge < -0.3 is 9.64 Å². The van der Waals surface area contributed by atoms with Crippen LogP contribution in [-0.4, -0.2) is 39.7 Å². The highest BCUT2D eigenvalue weighted by Gasteiger charge is 2.19. The summed E-state index contributed by atoms with van der Waals surface area (Å²) in [7, 11) is 3.40. The number of methoxy groups -OCH3 is 1. The first-order valence-corrected chi connectivity index (χ1v) is 6.34. The Hall–Kier alpha value is -2.37. The van der Waals surface area contributed by atoms with Gasteiger partial charge in [0, 0.05) is 13.6 Å². The molecule has 0 N–H and O–H groups in total. The van der Waals surface area contributed by atoms with Gasteiger partial charge in [0.15, 0.2) is 0 Å². The molecule has 0 fully saturated rings. The summed E-state index contributed by atoms with van der Waals surface area (Å²) >= 11 is 0. The molecule has 2 aromatic rings. The number of benzene rings is 1. The van der Waals surface area contributed by atoms with Gasteiger partial charge in [-0.3, -0.25) is 4.79 Å². The minimum absolute atomic E-state index is 0.0154. The molecule has 6 nitrogen and oxygen atoms in total. The van der Waals surface area contributed by atoms with Crippen LogP contribution >= 0.6 is 0 Å². The van der Waals surface area contributed by atoms with Crippen LogP contribution in [0.1, 0.15) is 18.5 Å². The molecule has 0 aliphatic carbocycles. The molecule has 0 aliphatic rings. The van der Waals surface area contributed by atoms with Crippen LogP contribution in [0.25, 0.3) is 0 Å². The number of hydrogen-bond acceptors (Lipinski definition) is 4. The molecular weight excluding hydrogens is 256 g/mol. The molecule has 1 aromatic heterocycles. The van der Waals surface area contributed by atoms with Gasteiger partial charge >= 0.3 is 0 Å². The van der Waals surface area contributed by atoms with Crippen LogP contribution in [0, 0.1) is 0 Å². The van der Waals surface area contributed by atoms with E-state index in [9.17, 15) is 4.79 Å². The van der Waals surface area contributed by atoms with Crippen molar-refractivity contribution in [1.29, 1.82) is 0 Å². The molecule has 1 aromatic carbocycles. The van der Waals surface area contributed by atoms with Gasteiger partial charge in [-0.1, -0.05) is 12.1 Å². The Morgan fingerprint density at radius 1 is 1.50 bits per heavy atom. The average molecular weight is 274 g/mol. The molecule has 0 saturated carbocycles. The predicted molar refractivity (Wildman–Crippen MR) is 74.2 cm³/mol. The van der Waals surface area contributed by atoms with Gasteiger partial charge in [0.1, 0.15) is 24.4 Å². The first-order chi connectivity index (χ1) is 9.61.